The fraction of sp³-hybridized carbons (Fsp3) is 0.462. The summed E-state index contributed by atoms with van der Waals surface area (Å²) in [6.45, 7) is 5.76. The molecule has 0 fully saturated rings. The van der Waals surface area contributed by atoms with Crippen molar-refractivity contribution in [1.29, 1.82) is 0 Å². The Morgan fingerprint density at radius 3 is 2.61 bits per heavy atom. The lowest BCUT2D eigenvalue weighted by Gasteiger charge is -2.28. The highest BCUT2D eigenvalue weighted by atomic mass is 35.5. The van der Waals surface area contributed by atoms with Crippen LogP contribution in [-0.4, -0.2) is 34.7 Å². The quantitative estimate of drug-likeness (QED) is 0.884. The molecule has 2 amide bonds. The van der Waals surface area contributed by atoms with Gasteiger partial charge in [0, 0.05) is 23.3 Å². The minimum atomic E-state index is -0.558. The molecule has 1 aromatic carbocycles. The topological polar surface area (TPSA) is 52.6 Å². The lowest BCUT2D eigenvalue weighted by atomic mass is 10.3. The summed E-state index contributed by atoms with van der Waals surface area (Å²) in [7, 11) is 0. The number of anilines is 1. The van der Waals surface area contributed by atoms with Crippen LogP contribution in [0.25, 0.3) is 0 Å². The van der Waals surface area contributed by atoms with Gasteiger partial charge < -0.3 is 15.3 Å². The number of aliphatic hydroxyl groups excluding tert-OH is 1. The van der Waals surface area contributed by atoms with Crippen LogP contribution in [0.15, 0.2) is 24.3 Å². The van der Waals surface area contributed by atoms with Crippen LogP contribution >= 0.6 is 11.6 Å². The van der Waals surface area contributed by atoms with E-state index in [0.717, 1.165) is 0 Å². The van der Waals surface area contributed by atoms with Crippen molar-refractivity contribution in [1.82, 2.24) is 4.90 Å². The van der Waals surface area contributed by atoms with E-state index in [-0.39, 0.29) is 12.1 Å². The Kier molecular flexibility index (Phi) is 5.44. The summed E-state index contributed by atoms with van der Waals surface area (Å²) in [6, 6.07) is 6.73. The van der Waals surface area contributed by atoms with Gasteiger partial charge in [0.25, 0.3) is 0 Å². The molecule has 0 saturated heterocycles. The molecule has 0 aromatic heterocycles. The Balaban J connectivity index is 2.72. The average molecular weight is 271 g/mol. The van der Waals surface area contributed by atoms with Gasteiger partial charge in [0.05, 0.1) is 6.10 Å². The van der Waals surface area contributed by atoms with Gasteiger partial charge in [-0.3, -0.25) is 0 Å². The van der Waals surface area contributed by atoms with Gasteiger partial charge in [0.1, 0.15) is 0 Å². The second-order valence-corrected chi connectivity index (χ2v) is 4.97. The number of aliphatic hydroxyl groups is 1. The van der Waals surface area contributed by atoms with Gasteiger partial charge in [0.15, 0.2) is 0 Å². The first-order chi connectivity index (χ1) is 8.40. The zero-order valence-corrected chi connectivity index (χ0v) is 11.6. The van der Waals surface area contributed by atoms with Crippen LogP contribution in [0.2, 0.25) is 5.02 Å². The van der Waals surface area contributed by atoms with Gasteiger partial charge in [0.2, 0.25) is 0 Å². The standard InChI is InChI=1S/C13H19ClN2O2/c1-9(2)16(8-10(3)17)13(18)15-12-6-4-5-11(14)7-12/h4-7,9-10,17H,8H2,1-3H3,(H,15,18). The minimum absolute atomic E-state index is 0.0128. The molecule has 100 valence electrons. The maximum Gasteiger partial charge on any atom is 0.322 e. The van der Waals surface area contributed by atoms with Crippen LogP contribution in [0.5, 0.6) is 0 Å². The monoisotopic (exact) mass is 270 g/mol. The maximum atomic E-state index is 12.1. The molecular formula is C13H19ClN2O2. The molecule has 18 heavy (non-hydrogen) atoms. The summed E-state index contributed by atoms with van der Waals surface area (Å²) >= 11 is 5.85. The van der Waals surface area contributed by atoms with Crippen molar-refractivity contribution >= 4 is 23.3 Å². The first-order valence-electron chi connectivity index (χ1n) is 5.91. The molecule has 1 aromatic rings. The van der Waals surface area contributed by atoms with Crippen LogP contribution in [0.4, 0.5) is 10.5 Å². The predicted molar refractivity (Wildman–Crippen MR) is 74.0 cm³/mol. The van der Waals surface area contributed by atoms with Crippen molar-refractivity contribution in [3.8, 4) is 0 Å². The van der Waals surface area contributed by atoms with Crippen molar-refractivity contribution in [2.45, 2.75) is 32.9 Å². The molecule has 5 heteroatoms. The summed E-state index contributed by atoms with van der Waals surface area (Å²) in [5.74, 6) is 0. The summed E-state index contributed by atoms with van der Waals surface area (Å²) in [4.78, 5) is 13.6. The number of carbonyl (C=O) groups is 1. The second kappa shape index (κ2) is 6.61. The van der Waals surface area contributed by atoms with E-state index < -0.39 is 6.10 Å². The van der Waals surface area contributed by atoms with E-state index in [1.807, 2.05) is 13.8 Å². The summed E-state index contributed by atoms with van der Waals surface area (Å²) in [6.07, 6.45) is -0.558. The molecule has 0 radical (unpaired) electrons. The number of hydrogen-bond acceptors (Lipinski definition) is 2. The Morgan fingerprint density at radius 1 is 1.44 bits per heavy atom. The largest absolute Gasteiger partial charge is 0.392 e. The fourth-order valence-electron chi connectivity index (χ4n) is 1.57. The van der Waals surface area contributed by atoms with Crippen molar-refractivity contribution in [2.75, 3.05) is 11.9 Å². The lowest BCUT2D eigenvalue weighted by Crippen LogP contribution is -2.43. The summed E-state index contributed by atoms with van der Waals surface area (Å²) in [5.41, 5.74) is 0.642. The predicted octanol–water partition coefficient (Wildman–Crippen LogP) is 2.96. The molecule has 0 spiro atoms. The van der Waals surface area contributed by atoms with Crippen LogP contribution < -0.4 is 5.32 Å². The third-order valence-electron chi connectivity index (χ3n) is 2.42. The van der Waals surface area contributed by atoms with E-state index in [1.165, 1.54) is 0 Å². The third-order valence-corrected chi connectivity index (χ3v) is 2.66. The van der Waals surface area contributed by atoms with E-state index in [0.29, 0.717) is 17.3 Å². The fourth-order valence-corrected chi connectivity index (χ4v) is 1.76. The van der Waals surface area contributed by atoms with Crippen LogP contribution in [0, 0.1) is 0 Å². The zero-order valence-electron chi connectivity index (χ0n) is 10.9. The number of halogens is 1. The Bertz CT molecular complexity index is 408. The summed E-state index contributed by atoms with van der Waals surface area (Å²) < 4.78 is 0. The minimum Gasteiger partial charge on any atom is -0.392 e. The molecule has 2 N–H and O–H groups in total. The van der Waals surface area contributed by atoms with Gasteiger partial charge >= 0.3 is 6.03 Å². The number of amides is 2. The molecular weight excluding hydrogens is 252 g/mol. The second-order valence-electron chi connectivity index (χ2n) is 4.54. The maximum absolute atomic E-state index is 12.1. The van der Waals surface area contributed by atoms with E-state index >= 15 is 0 Å². The molecule has 0 aliphatic rings. The molecule has 1 rings (SSSR count). The van der Waals surface area contributed by atoms with Crippen molar-refractivity contribution in [3.63, 3.8) is 0 Å². The van der Waals surface area contributed by atoms with Crippen molar-refractivity contribution < 1.29 is 9.90 Å². The zero-order chi connectivity index (χ0) is 13.7. The van der Waals surface area contributed by atoms with Gasteiger partial charge in [-0.05, 0) is 39.0 Å². The highest BCUT2D eigenvalue weighted by Crippen LogP contribution is 2.16. The number of hydrogen-bond donors (Lipinski definition) is 2. The van der Waals surface area contributed by atoms with Gasteiger partial charge in [-0.15, -0.1) is 0 Å². The molecule has 1 unspecified atom stereocenters. The van der Waals surface area contributed by atoms with Crippen LogP contribution in [0.3, 0.4) is 0 Å². The normalized spacial score (nSPS) is 12.3. The number of carbonyl (C=O) groups excluding carboxylic acids is 1. The Morgan fingerprint density at radius 2 is 2.11 bits per heavy atom. The van der Waals surface area contributed by atoms with E-state index in [4.69, 9.17) is 11.6 Å². The third kappa shape index (κ3) is 4.55. The first-order valence-corrected chi connectivity index (χ1v) is 6.29. The Hall–Kier alpha value is -1.26. The molecule has 1 atom stereocenters. The highest BCUT2D eigenvalue weighted by molar-refractivity contribution is 6.30. The number of benzene rings is 1. The van der Waals surface area contributed by atoms with Crippen LogP contribution in [0.1, 0.15) is 20.8 Å². The van der Waals surface area contributed by atoms with Crippen molar-refractivity contribution in [2.24, 2.45) is 0 Å². The smallest absolute Gasteiger partial charge is 0.322 e. The number of nitrogens with zero attached hydrogens (tertiary/aromatic N) is 1. The molecule has 0 bridgehead atoms. The van der Waals surface area contributed by atoms with Crippen LogP contribution in [-0.2, 0) is 0 Å². The highest BCUT2D eigenvalue weighted by Gasteiger charge is 2.18. The van der Waals surface area contributed by atoms with Gasteiger partial charge in [-0.1, -0.05) is 17.7 Å². The van der Waals surface area contributed by atoms with E-state index in [2.05, 4.69) is 5.32 Å². The number of rotatable bonds is 4. The lowest BCUT2D eigenvalue weighted by molar-refractivity contribution is 0.125. The number of nitrogens with one attached hydrogen (secondary N) is 1. The molecule has 0 aliphatic heterocycles. The SMILES string of the molecule is CC(O)CN(C(=O)Nc1cccc(Cl)c1)C(C)C. The van der Waals surface area contributed by atoms with Gasteiger partial charge in [-0.2, -0.15) is 0 Å². The summed E-state index contributed by atoms with van der Waals surface area (Å²) in [5, 5.41) is 12.7. The van der Waals surface area contributed by atoms with E-state index in [1.54, 1.807) is 36.1 Å². The molecule has 0 heterocycles. The molecule has 4 nitrogen and oxygen atoms in total. The average Bonchev–Trinajstić information content (AvgIpc) is 2.25. The van der Waals surface area contributed by atoms with Gasteiger partial charge in [-0.25, -0.2) is 4.79 Å². The molecule has 0 aliphatic carbocycles. The van der Waals surface area contributed by atoms with Crippen molar-refractivity contribution in [3.05, 3.63) is 29.3 Å². The number of urea groups is 1. The Labute approximate surface area is 113 Å². The first kappa shape index (κ1) is 14.8. The van der Waals surface area contributed by atoms with E-state index in [9.17, 15) is 9.90 Å². The molecule has 0 saturated carbocycles.